The molecule has 0 radical (unpaired) electrons. The van der Waals surface area contributed by atoms with Crippen LogP contribution in [0.5, 0.6) is 11.5 Å². The van der Waals surface area contributed by atoms with Gasteiger partial charge in [0.05, 0.1) is 25.1 Å². The summed E-state index contributed by atoms with van der Waals surface area (Å²) in [6.07, 6.45) is -0.217. The molecule has 0 aliphatic rings. The fraction of sp³-hybridized carbons (Fsp3) is 0.300. The Morgan fingerprint density at radius 3 is 2.44 bits per heavy atom. The topological polar surface area (TPSA) is 55.8 Å². The van der Waals surface area contributed by atoms with Crippen molar-refractivity contribution in [3.63, 3.8) is 0 Å². The summed E-state index contributed by atoms with van der Waals surface area (Å²) in [6.45, 7) is 0. The molecule has 16 heavy (non-hydrogen) atoms. The first-order chi connectivity index (χ1) is 7.51. The molecule has 0 aliphatic carbocycles. The summed E-state index contributed by atoms with van der Waals surface area (Å²) in [4.78, 5) is 10.7. The third kappa shape index (κ3) is 2.59. The van der Waals surface area contributed by atoms with Crippen molar-refractivity contribution in [2.75, 3.05) is 14.2 Å². The zero-order valence-electron chi connectivity index (χ0n) is 8.71. The lowest BCUT2D eigenvalue weighted by Crippen LogP contribution is -2.05. The van der Waals surface area contributed by atoms with Crippen LogP contribution in [0, 0.1) is 0 Å². The molecule has 0 heterocycles. The third-order valence-corrected chi connectivity index (χ3v) is 2.90. The number of carbonyl (C=O) groups is 1. The highest BCUT2D eigenvalue weighted by atomic mass is 79.9. The van der Waals surface area contributed by atoms with Gasteiger partial charge in [-0.3, -0.25) is 4.79 Å². The van der Waals surface area contributed by atoms with Gasteiger partial charge < -0.3 is 14.6 Å². The average molecular weight is 310 g/mol. The van der Waals surface area contributed by atoms with Crippen LogP contribution in [0.3, 0.4) is 0 Å². The van der Waals surface area contributed by atoms with Crippen LogP contribution >= 0.6 is 27.5 Å². The first-order valence-electron chi connectivity index (χ1n) is 4.31. The molecule has 88 valence electrons. The number of benzene rings is 1. The summed E-state index contributed by atoms with van der Waals surface area (Å²) in [5.74, 6) is -0.211. The smallest absolute Gasteiger partial charge is 0.308 e. The average Bonchev–Trinajstić information content (AvgIpc) is 2.20. The van der Waals surface area contributed by atoms with Crippen LogP contribution in [-0.4, -0.2) is 25.3 Å². The van der Waals surface area contributed by atoms with Gasteiger partial charge in [0.2, 0.25) is 0 Å². The molecule has 4 nitrogen and oxygen atoms in total. The van der Waals surface area contributed by atoms with Crippen molar-refractivity contribution in [2.45, 2.75) is 6.42 Å². The largest absolute Gasteiger partial charge is 0.492 e. The Labute approximate surface area is 106 Å². The number of methoxy groups -OCH3 is 2. The van der Waals surface area contributed by atoms with E-state index >= 15 is 0 Å². The summed E-state index contributed by atoms with van der Waals surface area (Å²) in [5.41, 5.74) is 0.400. The Kier molecular flexibility index (Phi) is 4.44. The Hall–Kier alpha value is -0.940. The van der Waals surface area contributed by atoms with Gasteiger partial charge in [-0.1, -0.05) is 11.6 Å². The van der Waals surface area contributed by atoms with Gasteiger partial charge in [-0.2, -0.15) is 0 Å². The first kappa shape index (κ1) is 13.1. The van der Waals surface area contributed by atoms with Gasteiger partial charge in [-0.15, -0.1) is 0 Å². The third-order valence-electron chi connectivity index (χ3n) is 1.98. The van der Waals surface area contributed by atoms with E-state index in [0.29, 0.717) is 26.6 Å². The predicted octanol–water partition coefficient (Wildman–Crippen LogP) is 2.75. The Morgan fingerprint density at radius 1 is 1.44 bits per heavy atom. The molecule has 0 bridgehead atoms. The minimum absolute atomic E-state index is 0.217. The van der Waals surface area contributed by atoms with E-state index in [1.54, 1.807) is 6.07 Å². The summed E-state index contributed by atoms with van der Waals surface area (Å²) in [6, 6.07) is 1.58. The van der Waals surface area contributed by atoms with Crippen LogP contribution in [0.2, 0.25) is 5.02 Å². The van der Waals surface area contributed by atoms with Gasteiger partial charge in [-0.25, -0.2) is 0 Å². The minimum atomic E-state index is -0.982. The van der Waals surface area contributed by atoms with Crippen LogP contribution in [0.4, 0.5) is 0 Å². The van der Waals surface area contributed by atoms with Crippen molar-refractivity contribution in [1.82, 2.24) is 0 Å². The zero-order valence-corrected chi connectivity index (χ0v) is 11.1. The van der Waals surface area contributed by atoms with Crippen molar-refractivity contribution in [1.29, 1.82) is 0 Å². The number of halogens is 2. The minimum Gasteiger partial charge on any atom is -0.492 e. The summed E-state index contributed by atoms with van der Waals surface area (Å²) in [7, 11) is 2.91. The molecule has 1 aromatic carbocycles. The highest BCUT2D eigenvalue weighted by Crippen LogP contribution is 2.42. The number of hydrogen-bond donors (Lipinski definition) is 1. The fourth-order valence-electron chi connectivity index (χ4n) is 1.34. The molecule has 1 aromatic rings. The fourth-order valence-corrected chi connectivity index (χ4v) is 2.30. The molecule has 0 unspecified atom stereocenters. The molecule has 1 rings (SSSR count). The Morgan fingerprint density at radius 2 is 2.00 bits per heavy atom. The number of aliphatic carboxylic acids is 1. The maximum absolute atomic E-state index is 10.7. The van der Waals surface area contributed by atoms with Crippen LogP contribution in [0.15, 0.2) is 10.5 Å². The van der Waals surface area contributed by atoms with Crippen LogP contribution in [0.1, 0.15) is 5.56 Å². The molecule has 0 atom stereocenters. The second-order valence-corrected chi connectivity index (χ2v) is 4.22. The van der Waals surface area contributed by atoms with E-state index < -0.39 is 5.97 Å². The SMILES string of the molecule is COc1c(Br)cc(Cl)c(CC(=O)O)c1OC. The number of ether oxygens (including phenoxy) is 2. The second-order valence-electron chi connectivity index (χ2n) is 2.96. The molecule has 0 saturated heterocycles. The quantitative estimate of drug-likeness (QED) is 0.929. The van der Waals surface area contributed by atoms with Gasteiger partial charge in [0.1, 0.15) is 0 Å². The Balaban J connectivity index is 3.39. The zero-order chi connectivity index (χ0) is 12.3. The Bertz CT molecular complexity index is 420. The summed E-state index contributed by atoms with van der Waals surface area (Å²) >= 11 is 9.22. The molecule has 0 amide bonds. The summed E-state index contributed by atoms with van der Waals surface area (Å²) < 4.78 is 10.9. The van der Waals surface area contributed by atoms with E-state index in [-0.39, 0.29) is 6.42 Å². The standard InChI is InChI=1S/C10H10BrClO4/c1-15-9-5(3-8(13)14)7(12)4-6(11)10(9)16-2/h4H,3H2,1-2H3,(H,13,14). The van der Waals surface area contributed by atoms with Gasteiger partial charge in [0, 0.05) is 10.6 Å². The van der Waals surface area contributed by atoms with Crippen LogP contribution in [-0.2, 0) is 11.2 Å². The molecule has 1 N–H and O–H groups in total. The molecule has 0 saturated carbocycles. The molecule has 0 aliphatic heterocycles. The lowest BCUT2D eigenvalue weighted by molar-refractivity contribution is -0.136. The monoisotopic (exact) mass is 308 g/mol. The normalized spacial score (nSPS) is 10.0. The molecule has 0 aromatic heterocycles. The van der Waals surface area contributed by atoms with Crippen molar-refractivity contribution in [3.8, 4) is 11.5 Å². The van der Waals surface area contributed by atoms with Crippen molar-refractivity contribution >= 4 is 33.5 Å². The lowest BCUT2D eigenvalue weighted by atomic mass is 10.1. The van der Waals surface area contributed by atoms with E-state index in [0.717, 1.165) is 0 Å². The summed E-state index contributed by atoms with van der Waals surface area (Å²) in [5, 5.41) is 9.10. The molecule has 0 spiro atoms. The van der Waals surface area contributed by atoms with Crippen molar-refractivity contribution in [3.05, 3.63) is 21.1 Å². The van der Waals surface area contributed by atoms with Crippen LogP contribution < -0.4 is 9.47 Å². The second kappa shape index (κ2) is 5.41. The lowest BCUT2D eigenvalue weighted by Gasteiger charge is -2.14. The van der Waals surface area contributed by atoms with E-state index in [4.69, 9.17) is 26.2 Å². The highest BCUT2D eigenvalue weighted by molar-refractivity contribution is 9.10. The number of carboxylic acid groups (broad SMARTS) is 1. The van der Waals surface area contributed by atoms with Crippen molar-refractivity contribution in [2.24, 2.45) is 0 Å². The molecular weight excluding hydrogens is 299 g/mol. The van der Waals surface area contributed by atoms with Gasteiger partial charge in [-0.05, 0) is 22.0 Å². The van der Waals surface area contributed by atoms with Gasteiger partial charge in [0.15, 0.2) is 11.5 Å². The van der Waals surface area contributed by atoms with E-state index in [1.807, 2.05) is 0 Å². The molecular formula is C10H10BrClO4. The maximum Gasteiger partial charge on any atom is 0.308 e. The van der Waals surface area contributed by atoms with E-state index in [2.05, 4.69) is 15.9 Å². The molecule has 0 fully saturated rings. The van der Waals surface area contributed by atoms with E-state index in [1.165, 1.54) is 14.2 Å². The number of rotatable bonds is 4. The highest BCUT2D eigenvalue weighted by Gasteiger charge is 2.19. The van der Waals surface area contributed by atoms with Gasteiger partial charge in [0.25, 0.3) is 0 Å². The molecule has 6 heteroatoms. The van der Waals surface area contributed by atoms with Crippen LogP contribution in [0.25, 0.3) is 0 Å². The maximum atomic E-state index is 10.7. The predicted molar refractivity (Wildman–Crippen MR) is 63.6 cm³/mol. The first-order valence-corrected chi connectivity index (χ1v) is 5.49. The van der Waals surface area contributed by atoms with Crippen molar-refractivity contribution < 1.29 is 19.4 Å². The number of carboxylic acids is 1. The van der Waals surface area contributed by atoms with Gasteiger partial charge >= 0.3 is 5.97 Å². The van der Waals surface area contributed by atoms with E-state index in [9.17, 15) is 4.79 Å². The number of hydrogen-bond acceptors (Lipinski definition) is 3.